The lowest BCUT2D eigenvalue weighted by Gasteiger charge is -2.39. The molecular formula is C11H23NO2. The second kappa shape index (κ2) is 6.38. The highest BCUT2D eigenvalue weighted by Crippen LogP contribution is 2.30. The van der Waals surface area contributed by atoms with Gasteiger partial charge in [0.1, 0.15) is 0 Å². The van der Waals surface area contributed by atoms with Crippen LogP contribution in [0.4, 0.5) is 0 Å². The highest BCUT2D eigenvalue weighted by Gasteiger charge is 2.30. The molecule has 84 valence electrons. The minimum atomic E-state index is 0.413. The first kappa shape index (κ1) is 12.0. The molecule has 0 radical (unpaired) electrons. The Labute approximate surface area is 87.2 Å². The number of hydrogen-bond donors (Lipinski definition) is 1. The maximum absolute atomic E-state index is 5.46. The van der Waals surface area contributed by atoms with Crippen molar-refractivity contribution >= 4 is 0 Å². The van der Waals surface area contributed by atoms with Gasteiger partial charge in [-0.15, -0.1) is 0 Å². The van der Waals surface area contributed by atoms with Gasteiger partial charge in [-0.2, -0.15) is 0 Å². The van der Waals surface area contributed by atoms with Crippen LogP contribution in [0.2, 0.25) is 0 Å². The molecule has 1 aliphatic rings. The molecule has 1 rings (SSSR count). The molecule has 0 aromatic carbocycles. The second-order valence-electron chi connectivity index (χ2n) is 4.30. The number of nitrogens with one attached hydrogen (secondary N) is 1. The first-order valence-electron chi connectivity index (χ1n) is 5.58. The van der Waals surface area contributed by atoms with Gasteiger partial charge >= 0.3 is 0 Å². The Morgan fingerprint density at radius 2 is 2.00 bits per heavy atom. The van der Waals surface area contributed by atoms with E-state index in [-0.39, 0.29) is 0 Å². The van der Waals surface area contributed by atoms with Gasteiger partial charge in [0, 0.05) is 32.4 Å². The molecule has 1 fully saturated rings. The highest BCUT2D eigenvalue weighted by molar-refractivity contribution is 4.91. The van der Waals surface area contributed by atoms with Gasteiger partial charge in [-0.3, -0.25) is 0 Å². The average Bonchev–Trinajstić information content (AvgIpc) is 2.14. The van der Waals surface area contributed by atoms with E-state index in [4.69, 9.17) is 9.47 Å². The lowest BCUT2D eigenvalue weighted by atomic mass is 9.78. The quantitative estimate of drug-likeness (QED) is 0.605. The van der Waals surface area contributed by atoms with Crippen molar-refractivity contribution in [2.24, 2.45) is 0 Å². The van der Waals surface area contributed by atoms with E-state index in [2.05, 4.69) is 12.2 Å². The van der Waals surface area contributed by atoms with Gasteiger partial charge in [0.25, 0.3) is 0 Å². The summed E-state index contributed by atoms with van der Waals surface area (Å²) in [5, 5.41) is 3.53. The third kappa shape index (κ3) is 4.40. The Balaban J connectivity index is 1.80. The minimum Gasteiger partial charge on any atom is -0.385 e. The normalized spacial score (nSPS) is 19.3. The number of methoxy groups -OCH3 is 1. The van der Waals surface area contributed by atoms with E-state index < -0.39 is 0 Å². The standard InChI is InChI=1S/C11H23NO2/c1-11(5-3-6-11)12-7-10-14-9-4-8-13-2/h12H,3-10H2,1-2H3. The van der Waals surface area contributed by atoms with Crippen LogP contribution in [0.1, 0.15) is 32.6 Å². The maximum atomic E-state index is 5.46. The molecule has 0 heterocycles. The summed E-state index contributed by atoms with van der Waals surface area (Å²) in [6.45, 7) is 5.70. The van der Waals surface area contributed by atoms with Gasteiger partial charge in [0.2, 0.25) is 0 Å². The van der Waals surface area contributed by atoms with Crippen LogP contribution < -0.4 is 5.32 Å². The molecule has 1 saturated carbocycles. The number of hydrogen-bond acceptors (Lipinski definition) is 3. The Hall–Kier alpha value is -0.120. The minimum absolute atomic E-state index is 0.413. The third-order valence-electron chi connectivity index (χ3n) is 2.89. The van der Waals surface area contributed by atoms with E-state index in [9.17, 15) is 0 Å². The SMILES string of the molecule is COCCCOCCNC1(C)CCC1. The zero-order valence-electron chi connectivity index (χ0n) is 9.47. The van der Waals surface area contributed by atoms with Crippen LogP contribution >= 0.6 is 0 Å². The van der Waals surface area contributed by atoms with Crippen molar-refractivity contribution in [2.75, 3.05) is 33.5 Å². The zero-order valence-corrected chi connectivity index (χ0v) is 9.47. The maximum Gasteiger partial charge on any atom is 0.0591 e. The molecule has 3 nitrogen and oxygen atoms in total. The molecule has 3 heteroatoms. The Kier molecular flexibility index (Phi) is 5.45. The van der Waals surface area contributed by atoms with Crippen LogP contribution in [-0.2, 0) is 9.47 Å². The van der Waals surface area contributed by atoms with Crippen molar-refractivity contribution < 1.29 is 9.47 Å². The molecule has 0 amide bonds. The van der Waals surface area contributed by atoms with Crippen molar-refractivity contribution in [3.05, 3.63) is 0 Å². The Morgan fingerprint density at radius 3 is 2.57 bits per heavy atom. The highest BCUT2D eigenvalue weighted by atomic mass is 16.5. The van der Waals surface area contributed by atoms with E-state index in [1.807, 2.05) is 0 Å². The first-order valence-corrected chi connectivity index (χ1v) is 5.58. The summed E-state index contributed by atoms with van der Waals surface area (Å²) in [4.78, 5) is 0. The van der Waals surface area contributed by atoms with Crippen molar-refractivity contribution in [1.29, 1.82) is 0 Å². The lowest BCUT2D eigenvalue weighted by molar-refractivity contribution is 0.0941. The third-order valence-corrected chi connectivity index (χ3v) is 2.89. The van der Waals surface area contributed by atoms with E-state index in [0.29, 0.717) is 5.54 Å². The van der Waals surface area contributed by atoms with E-state index in [0.717, 1.165) is 32.8 Å². The zero-order chi connectivity index (χ0) is 10.3. The number of ether oxygens (including phenoxy) is 2. The fourth-order valence-corrected chi connectivity index (χ4v) is 1.72. The van der Waals surface area contributed by atoms with Crippen LogP contribution in [0.3, 0.4) is 0 Å². The fourth-order valence-electron chi connectivity index (χ4n) is 1.72. The van der Waals surface area contributed by atoms with Crippen molar-refractivity contribution in [3.8, 4) is 0 Å². The summed E-state index contributed by atoms with van der Waals surface area (Å²) in [6.07, 6.45) is 5.00. The summed E-state index contributed by atoms with van der Waals surface area (Å²) >= 11 is 0. The second-order valence-corrected chi connectivity index (χ2v) is 4.30. The van der Waals surface area contributed by atoms with Gasteiger partial charge < -0.3 is 14.8 Å². The van der Waals surface area contributed by atoms with Crippen LogP contribution in [0.25, 0.3) is 0 Å². The van der Waals surface area contributed by atoms with Crippen LogP contribution in [0.15, 0.2) is 0 Å². The summed E-state index contributed by atoms with van der Waals surface area (Å²) in [5.41, 5.74) is 0.413. The fraction of sp³-hybridized carbons (Fsp3) is 1.00. The lowest BCUT2D eigenvalue weighted by Crippen LogP contribution is -2.49. The predicted molar refractivity (Wildman–Crippen MR) is 57.6 cm³/mol. The summed E-state index contributed by atoms with van der Waals surface area (Å²) in [7, 11) is 1.72. The van der Waals surface area contributed by atoms with E-state index >= 15 is 0 Å². The van der Waals surface area contributed by atoms with Crippen molar-refractivity contribution in [2.45, 2.75) is 38.1 Å². The first-order chi connectivity index (χ1) is 6.77. The monoisotopic (exact) mass is 201 g/mol. The topological polar surface area (TPSA) is 30.5 Å². The molecule has 0 spiro atoms. The molecule has 0 atom stereocenters. The molecule has 0 unspecified atom stereocenters. The van der Waals surface area contributed by atoms with Crippen molar-refractivity contribution in [3.63, 3.8) is 0 Å². The van der Waals surface area contributed by atoms with Crippen LogP contribution in [0.5, 0.6) is 0 Å². The van der Waals surface area contributed by atoms with Gasteiger partial charge in [-0.05, 0) is 32.6 Å². The van der Waals surface area contributed by atoms with Gasteiger partial charge in [0.05, 0.1) is 6.61 Å². The Morgan fingerprint density at radius 1 is 1.21 bits per heavy atom. The van der Waals surface area contributed by atoms with E-state index in [1.165, 1.54) is 19.3 Å². The smallest absolute Gasteiger partial charge is 0.0591 e. The number of rotatable bonds is 8. The molecule has 0 aromatic rings. The van der Waals surface area contributed by atoms with Gasteiger partial charge in [0.15, 0.2) is 0 Å². The molecule has 0 bridgehead atoms. The molecule has 0 aliphatic heterocycles. The van der Waals surface area contributed by atoms with Gasteiger partial charge in [-0.1, -0.05) is 0 Å². The summed E-state index contributed by atoms with van der Waals surface area (Å²) in [6, 6.07) is 0. The van der Waals surface area contributed by atoms with Crippen LogP contribution in [-0.4, -0.2) is 39.0 Å². The molecule has 0 saturated heterocycles. The van der Waals surface area contributed by atoms with Crippen LogP contribution in [0, 0.1) is 0 Å². The largest absolute Gasteiger partial charge is 0.385 e. The van der Waals surface area contributed by atoms with Crippen molar-refractivity contribution in [1.82, 2.24) is 5.32 Å². The van der Waals surface area contributed by atoms with Gasteiger partial charge in [-0.25, -0.2) is 0 Å². The summed E-state index contributed by atoms with van der Waals surface area (Å²) in [5.74, 6) is 0. The molecule has 14 heavy (non-hydrogen) atoms. The average molecular weight is 201 g/mol. The summed E-state index contributed by atoms with van der Waals surface area (Å²) < 4.78 is 10.4. The van der Waals surface area contributed by atoms with E-state index in [1.54, 1.807) is 7.11 Å². The molecule has 1 aliphatic carbocycles. The molecular weight excluding hydrogens is 178 g/mol. The molecule has 1 N–H and O–H groups in total. The predicted octanol–water partition coefficient (Wildman–Crippen LogP) is 1.57. The Bertz CT molecular complexity index is 146. The molecule has 0 aromatic heterocycles.